The molecule has 0 atom stereocenters. The molecule has 0 spiro atoms. The molecule has 5 aromatic carbocycles. The lowest BCUT2D eigenvalue weighted by Crippen LogP contribution is -1.92. The van der Waals surface area contributed by atoms with Crippen molar-refractivity contribution in [3.63, 3.8) is 0 Å². The molecule has 2 aromatic heterocycles. The van der Waals surface area contributed by atoms with E-state index in [1.54, 1.807) is 0 Å². The molecule has 30 heavy (non-hydrogen) atoms. The van der Waals surface area contributed by atoms with E-state index in [2.05, 4.69) is 113 Å². The summed E-state index contributed by atoms with van der Waals surface area (Å²) in [7, 11) is 0. The Morgan fingerprint density at radius 2 is 1.27 bits per heavy atom. The summed E-state index contributed by atoms with van der Waals surface area (Å²) in [6.45, 7) is 0. The Labute approximate surface area is 173 Å². The maximum absolute atomic E-state index is 3.67. The minimum atomic E-state index is 1.17. The highest BCUT2D eigenvalue weighted by Crippen LogP contribution is 2.38. The minimum absolute atomic E-state index is 1.17. The van der Waals surface area contributed by atoms with Gasteiger partial charge in [-0.05, 0) is 47.2 Å². The van der Waals surface area contributed by atoms with Crippen LogP contribution in [0.1, 0.15) is 0 Å². The fourth-order valence-corrected chi connectivity index (χ4v) is 4.99. The Bertz CT molecular complexity index is 1730. The van der Waals surface area contributed by atoms with Crippen LogP contribution in [-0.2, 0) is 0 Å². The Balaban J connectivity index is 1.71. The number of hydrogen-bond donors (Lipinski definition) is 1. The molecule has 0 amide bonds. The van der Waals surface area contributed by atoms with E-state index in [0.717, 1.165) is 0 Å². The first-order chi connectivity index (χ1) is 14.9. The SMILES string of the molecule is c1ccc(-n2c3ccccc3c3cc4c(cc32)[nH]c2ccc3ccccc3c24)cc1. The van der Waals surface area contributed by atoms with Crippen molar-refractivity contribution in [3.8, 4) is 5.69 Å². The number of para-hydroxylation sites is 2. The maximum Gasteiger partial charge on any atom is 0.0562 e. The molecule has 0 saturated carbocycles. The van der Waals surface area contributed by atoms with Crippen molar-refractivity contribution < 1.29 is 0 Å². The van der Waals surface area contributed by atoms with Crippen molar-refractivity contribution in [2.24, 2.45) is 0 Å². The van der Waals surface area contributed by atoms with Gasteiger partial charge in [0.25, 0.3) is 0 Å². The van der Waals surface area contributed by atoms with Gasteiger partial charge in [-0.1, -0.05) is 66.7 Å². The van der Waals surface area contributed by atoms with Gasteiger partial charge in [0.05, 0.1) is 11.0 Å². The molecule has 0 aliphatic heterocycles. The molecule has 1 N–H and O–H groups in total. The molecule has 7 rings (SSSR count). The zero-order chi connectivity index (χ0) is 19.7. The standard InChI is InChI=1S/C28H18N2/c1-2-9-19(10-3-1)30-26-13-7-6-12-21(26)22-16-23-25(17-27(22)30)29-24-15-14-18-8-4-5-11-20(18)28(23)24/h1-17,29H. The number of benzene rings is 5. The second kappa shape index (κ2) is 5.74. The van der Waals surface area contributed by atoms with Crippen molar-refractivity contribution >= 4 is 54.4 Å². The Morgan fingerprint density at radius 3 is 2.17 bits per heavy atom. The highest BCUT2D eigenvalue weighted by Gasteiger charge is 2.15. The van der Waals surface area contributed by atoms with Gasteiger partial charge in [-0.25, -0.2) is 0 Å². The van der Waals surface area contributed by atoms with Gasteiger partial charge < -0.3 is 9.55 Å². The maximum atomic E-state index is 3.67. The smallest absolute Gasteiger partial charge is 0.0562 e. The van der Waals surface area contributed by atoms with Crippen molar-refractivity contribution in [3.05, 3.63) is 103 Å². The number of aromatic nitrogens is 2. The number of rotatable bonds is 1. The number of nitrogens with zero attached hydrogens (tertiary/aromatic N) is 1. The van der Waals surface area contributed by atoms with Gasteiger partial charge >= 0.3 is 0 Å². The number of nitrogens with one attached hydrogen (secondary N) is 1. The van der Waals surface area contributed by atoms with E-state index in [9.17, 15) is 0 Å². The van der Waals surface area contributed by atoms with E-state index in [1.807, 2.05) is 0 Å². The van der Waals surface area contributed by atoms with Gasteiger partial charge in [0.2, 0.25) is 0 Å². The summed E-state index contributed by atoms with van der Waals surface area (Å²) in [5, 5.41) is 7.74. The number of H-pyrrole nitrogens is 1. The van der Waals surface area contributed by atoms with Crippen LogP contribution in [0.25, 0.3) is 60.1 Å². The predicted octanol–water partition coefficient (Wildman–Crippen LogP) is 7.57. The van der Waals surface area contributed by atoms with Crippen LogP contribution in [0.4, 0.5) is 0 Å². The molecule has 0 bridgehead atoms. The molecular weight excluding hydrogens is 364 g/mol. The summed E-state index contributed by atoms with van der Waals surface area (Å²) in [5.41, 5.74) is 6.01. The third-order valence-corrected chi connectivity index (χ3v) is 6.29. The van der Waals surface area contributed by atoms with Gasteiger partial charge in [0, 0.05) is 38.3 Å². The van der Waals surface area contributed by atoms with Crippen LogP contribution in [0.2, 0.25) is 0 Å². The zero-order valence-corrected chi connectivity index (χ0v) is 16.3. The van der Waals surface area contributed by atoms with Crippen LogP contribution in [0.5, 0.6) is 0 Å². The van der Waals surface area contributed by atoms with E-state index in [4.69, 9.17) is 0 Å². The summed E-state index contributed by atoms with van der Waals surface area (Å²) in [6, 6.07) is 37.0. The van der Waals surface area contributed by atoms with Crippen LogP contribution in [0, 0.1) is 0 Å². The van der Waals surface area contributed by atoms with Crippen LogP contribution in [0.3, 0.4) is 0 Å². The number of hydrogen-bond acceptors (Lipinski definition) is 0. The van der Waals surface area contributed by atoms with E-state index < -0.39 is 0 Å². The topological polar surface area (TPSA) is 20.7 Å². The van der Waals surface area contributed by atoms with Crippen LogP contribution < -0.4 is 0 Å². The molecule has 7 aromatic rings. The average Bonchev–Trinajstić information content (AvgIpc) is 3.33. The lowest BCUT2D eigenvalue weighted by Gasteiger charge is -2.07. The second-order valence-electron chi connectivity index (χ2n) is 7.94. The highest BCUT2D eigenvalue weighted by atomic mass is 15.0. The van der Waals surface area contributed by atoms with Crippen LogP contribution >= 0.6 is 0 Å². The fourth-order valence-electron chi connectivity index (χ4n) is 4.99. The third kappa shape index (κ3) is 2.03. The summed E-state index contributed by atoms with van der Waals surface area (Å²) >= 11 is 0. The molecular formula is C28H18N2. The van der Waals surface area contributed by atoms with Crippen LogP contribution in [-0.4, -0.2) is 9.55 Å². The normalized spacial score (nSPS) is 12.0. The highest BCUT2D eigenvalue weighted by molar-refractivity contribution is 6.24. The number of fused-ring (bicyclic) bond motifs is 8. The van der Waals surface area contributed by atoms with Crippen molar-refractivity contribution in [1.82, 2.24) is 9.55 Å². The average molecular weight is 382 g/mol. The Kier molecular flexibility index (Phi) is 3.03. The molecule has 2 heterocycles. The van der Waals surface area contributed by atoms with Gasteiger partial charge in [0.1, 0.15) is 0 Å². The molecule has 2 nitrogen and oxygen atoms in total. The summed E-state index contributed by atoms with van der Waals surface area (Å²) in [4.78, 5) is 3.67. The van der Waals surface area contributed by atoms with E-state index in [1.165, 1.54) is 60.1 Å². The first-order valence-electron chi connectivity index (χ1n) is 10.3. The fraction of sp³-hybridized carbons (Fsp3) is 0. The van der Waals surface area contributed by atoms with E-state index in [-0.39, 0.29) is 0 Å². The molecule has 0 unspecified atom stereocenters. The first-order valence-corrected chi connectivity index (χ1v) is 10.3. The van der Waals surface area contributed by atoms with Gasteiger partial charge in [-0.15, -0.1) is 0 Å². The summed E-state index contributed by atoms with van der Waals surface area (Å²) in [5.74, 6) is 0. The summed E-state index contributed by atoms with van der Waals surface area (Å²) < 4.78 is 2.37. The first kappa shape index (κ1) is 15.8. The van der Waals surface area contributed by atoms with Gasteiger partial charge in [-0.3, -0.25) is 0 Å². The molecule has 0 radical (unpaired) electrons. The summed E-state index contributed by atoms with van der Waals surface area (Å²) in [6.07, 6.45) is 0. The van der Waals surface area contributed by atoms with Crippen molar-refractivity contribution in [2.45, 2.75) is 0 Å². The number of aromatic amines is 1. The third-order valence-electron chi connectivity index (χ3n) is 6.29. The Morgan fingerprint density at radius 1 is 0.500 bits per heavy atom. The van der Waals surface area contributed by atoms with E-state index >= 15 is 0 Å². The van der Waals surface area contributed by atoms with E-state index in [0.29, 0.717) is 0 Å². The molecule has 2 heteroatoms. The monoisotopic (exact) mass is 382 g/mol. The lowest BCUT2D eigenvalue weighted by molar-refractivity contribution is 1.18. The van der Waals surface area contributed by atoms with Crippen LogP contribution in [0.15, 0.2) is 103 Å². The lowest BCUT2D eigenvalue weighted by atomic mass is 10.0. The van der Waals surface area contributed by atoms with Gasteiger partial charge in [0.15, 0.2) is 0 Å². The molecule has 0 saturated heterocycles. The quantitative estimate of drug-likeness (QED) is 0.302. The Hall–Kier alpha value is -4.04. The minimum Gasteiger partial charge on any atom is -0.354 e. The second-order valence-corrected chi connectivity index (χ2v) is 7.94. The zero-order valence-electron chi connectivity index (χ0n) is 16.3. The van der Waals surface area contributed by atoms with Crippen molar-refractivity contribution in [1.29, 1.82) is 0 Å². The molecule has 0 fully saturated rings. The molecule has 0 aliphatic carbocycles. The predicted molar refractivity (Wildman–Crippen MR) is 128 cm³/mol. The molecule has 140 valence electrons. The molecule has 0 aliphatic rings. The van der Waals surface area contributed by atoms with Gasteiger partial charge in [-0.2, -0.15) is 0 Å². The largest absolute Gasteiger partial charge is 0.354 e. The van der Waals surface area contributed by atoms with Crippen molar-refractivity contribution in [2.75, 3.05) is 0 Å².